The highest BCUT2D eigenvalue weighted by atomic mass is 35.5. The van der Waals surface area contributed by atoms with Crippen LogP contribution in [0.25, 0.3) is 0 Å². The van der Waals surface area contributed by atoms with Crippen molar-refractivity contribution in [2.75, 3.05) is 20.1 Å². The van der Waals surface area contributed by atoms with E-state index in [2.05, 4.69) is 9.08 Å². The van der Waals surface area contributed by atoms with Gasteiger partial charge >= 0.3 is 10.4 Å². The molecule has 0 aromatic heterocycles. The van der Waals surface area contributed by atoms with E-state index in [0.29, 0.717) is 10.8 Å². The van der Waals surface area contributed by atoms with Gasteiger partial charge in [0.2, 0.25) is 0 Å². The number of likely N-dealkylation sites (tertiary alicyclic amines) is 1. The van der Waals surface area contributed by atoms with E-state index in [-0.39, 0.29) is 17.6 Å². The molecule has 2 atom stereocenters. The molecule has 6 nitrogen and oxygen atoms in total. The Morgan fingerprint density at radius 1 is 1.12 bits per heavy atom. The minimum absolute atomic E-state index is 0.0575. The van der Waals surface area contributed by atoms with E-state index in [9.17, 15) is 8.42 Å². The van der Waals surface area contributed by atoms with E-state index in [4.69, 9.17) is 20.9 Å². The van der Waals surface area contributed by atoms with Crippen LogP contribution in [0.1, 0.15) is 23.0 Å². The van der Waals surface area contributed by atoms with Crippen LogP contribution in [0.5, 0.6) is 17.2 Å². The highest BCUT2D eigenvalue weighted by Crippen LogP contribution is 2.50. The zero-order valence-corrected chi connectivity index (χ0v) is 14.9. The summed E-state index contributed by atoms with van der Waals surface area (Å²) < 4.78 is 41.6. The quantitative estimate of drug-likeness (QED) is 0.803. The van der Waals surface area contributed by atoms with Crippen molar-refractivity contribution in [1.29, 1.82) is 0 Å². The second-order valence-corrected chi connectivity index (χ2v) is 7.89. The molecule has 4 rings (SSSR count). The van der Waals surface area contributed by atoms with E-state index < -0.39 is 10.4 Å². The summed E-state index contributed by atoms with van der Waals surface area (Å²) in [4.78, 5) is 2.21. The molecule has 1 fully saturated rings. The van der Waals surface area contributed by atoms with Crippen molar-refractivity contribution < 1.29 is 21.9 Å². The van der Waals surface area contributed by atoms with Gasteiger partial charge in [-0.1, -0.05) is 11.6 Å². The van der Waals surface area contributed by atoms with Crippen molar-refractivity contribution in [2.24, 2.45) is 0 Å². The van der Waals surface area contributed by atoms with Crippen LogP contribution in [-0.4, -0.2) is 38.0 Å². The number of hydrogen-bond acceptors (Lipinski definition) is 5. The van der Waals surface area contributed by atoms with Crippen LogP contribution in [0.4, 0.5) is 0 Å². The average Bonchev–Trinajstić information content (AvgIpc) is 2.85. The summed E-state index contributed by atoms with van der Waals surface area (Å²) in [7, 11) is -2.53. The van der Waals surface area contributed by atoms with E-state index in [1.807, 2.05) is 19.2 Å². The number of likely N-dealkylation sites (N-methyl/N-ethyl adjacent to an activating group) is 1. The first kappa shape index (κ1) is 16.7. The molecule has 0 unspecified atom stereocenters. The predicted molar refractivity (Wildman–Crippen MR) is 93.1 cm³/mol. The highest BCUT2D eigenvalue weighted by molar-refractivity contribution is 7.81. The summed E-state index contributed by atoms with van der Waals surface area (Å²) in [5.41, 5.74) is 1.89. The number of fused-ring (bicyclic) bond motifs is 5. The third-order valence-electron chi connectivity index (χ3n) is 4.68. The Morgan fingerprint density at radius 2 is 1.72 bits per heavy atom. The molecule has 132 valence electrons. The molecule has 2 aliphatic rings. The van der Waals surface area contributed by atoms with Crippen LogP contribution >= 0.6 is 11.6 Å². The standard InChI is InChI=1S/C17H16ClNO5S/c1-19-8-14-12-6-10(18)2-4-16(12)23-17-5-3-11(24-25(20,21)22)7-13(17)15(14)9-19/h2-7,14-15H,8-9H2,1H3,(H,20,21,22)/t14-,15-/m0/s1. The van der Waals surface area contributed by atoms with Gasteiger partial charge in [0.15, 0.2) is 0 Å². The fraction of sp³-hybridized carbons (Fsp3) is 0.294. The zero-order valence-electron chi connectivity index (χ0n) is 13.3. The summed E-state index contributed by atoms with van der Waals surface area (Å²) in [5.74, 6) is 1.72. The van der Waals surface area contributed by atoms with Gasteiger partial charge in [0.1, 0.15) is 17.2 Å². The number of benzene rings is 2. The first-order valence-corrected chi connectivity index (χ1v) is 9.51. The van der Waals surface area contributed by atoms with Crippen molar-refractivity contribution in [3.8, 4) is 17.2 Å². The van der Waals surface area contributed by atoms with Gasteiger partial charge in [-0.05, 0) is 43.4 Å². The summed E-state index contributed by atoms with van der Waals surface area (Å²) >= 11 is 6.18. The van der Waals surface area contributed by atoms with Gasteiger partial charge in [0.05, 0.1) is 0 Å². The normalized spacial score (nSPS) is 22.4. The molecule has 0 radical (unpaired) electrons. The molecule has 0 amide bonds. The maximum Gasteiger partial charge on any atom is 0.446 e. The van der Waals surface area contributed by atoms with Gasteiger partial charge in [-0.15, -0.1) is 0 Å². The van der Waals surface area contributed by atoms with Crippen molar-refractivity contribution in [3.05, 3.63) is 52.5 Å². The monoisotopic (exact) mass is 381 g/mol. The largest absolute Gasteiger partial charge is 0.457 e. The molecular weight excluding hydrogens is 366 g/mol. The first-order chi connectivity index (χ1) is 11.8. The van der Waals surface area contributed by atoms with Crippen LogP contribution in [0, 0.1) is 0 Å². The van der Waals surface area contributed by atoms with E-state index in [0.717, 1.165) is 30.0 Å². The van der Waals surface area contributed by atoms with E-state index in [1.54, 1.807) is 18.2 Å². The van der Waals surface area contributed by atoms with Crippen molar-refractivity contribution in [2.45, 2.75) is 11.8 Å². The lowest BCUT2D eigenvalue weighted by Gasteiger charge is -2.17. The molecule has 2 aliphatic heterocycles. The molecule has 0 bridgehead atoms. The summed E-state index contributed by atoms with van der Waals surface area (Å²) in [5, 5.41) is 0.650. The molecule has 2 heterocycles. The summed E-state index contributed by atoms with van der Waals surface area (Å²) in [6.45, 7) is 1.63. The molecule has 2 aromatic carbocycles. The number of nitrogens with zero attached hydrogens (tertiary/aromatic N) is 1. The molecule has 0 spiro atoms. The second kappa shape index (κ2) is 5.88. The maximum atomic E-state index is 11.0. The lowest BCUT2D eigenvalue weighted by molar-refractivity contribution is 0.385. The van der Waals surface area contributed by atoms with Gasteiger partial charge in [0, 0.05) is 41.1 Å². The van der Waals surface area contributed by atoms with Crippen LogP contribution in [-0.2, 0) is 10.4 Å². The smallest absolute Gasteiger partial charge is 0.446 e. The second-order valence-electron chi connectivity index (χ2n) is 6.43. The number of hydrogen-bond donors (Lipinski definition) is 1. The maximum absolute atomic E-state index is 11.0. The molecule has 2 aromatic rings. The summed E-state index contributed by atoms with van der Waals surface area (Å²) in [6, 6.07) is 10.3. The average molecular weight is 382 g/mol. The van der Waals surface area contributed by atoms with E-state index >= 15 is 0 Å². The Kier molecular flexibility index (Phi) is 3.92. The molecule has 25 heavy (non-hydrogen) atoms. The van der Waals surface area contributed by atoms with Crippen LogP contribution in [0.3, 0.4) is 0 Å². The minimum atomic E-state index is -4.57. The van der Waals surface area contributed by atoms with Gasteiger partial charge < -0.3 is 13.8 Å². The van der Waals surface area contributed by atoms with Crippen molar-refractivity contribution in [1.82, 2.24) is 4.90 Å². The topological polar surface area (TPSA) is 76.1 Å². The third-order valence-corrected chi connectivity index (χ3v) is 5.31. The molecule has 0 saturated carbocycles. The fourth-order valence-electron chi connectivity index (χ4n) is 3.73. The van der Waals surface area contributed by atoms with E-state index in [1.165, 1.54) is 6.07 Å². The Bertz CT molecular complexity index is 946. The predicted octanol–water partition coefficient (Wildman–Crippen LogP) is 3.44. The van der Waals surface area contributed by atoms with Crippen LogP contribution < -0.4 is 8.92 Å². The summed E-state index contributed by atoms with van der Waals surface area (Å²) in [6.07, 6.45) is 0. The molecule has 8 heteroatoms. The Hall–Kier alpha value is -1.80. The van der Waals surface area contributed by atoms with Crippen molar-refractivity contribution in [3.63, 3.8) is 0 Å². The Labute approximate surface area is 150 Å². The number of rotatable bonds is 2. The zero-order chi connectivity index (χ0) is 17.8. The number of halogens is 1. The van der Waals surface area contributed by atoms with Gasteiger partial charge in [0.25, 0.3) is 0 Å². The minimum Gasteiger partial charge on any atom is -0.457 e. The van der Waals surface area contributed by atoms with Crippen LogP contribution in [0.2, 0.25) is 5.02 Å². The first-order valence-electron chi connectivity index (χ1n) is 7.77. The molecule has 1 saturated heterocycles. The van der Waals surface area contributed by atoms with Crippen LogP contribution in [0.15, 0.2) is 36.4 Å². The van der Waals surface area contributed by atoms with Gasteiger partial charge in [-0.25, -0.2) is 0 Å². The molecular formula is C17H16ClNO5S. The molecule has 0 aliphatic carbocycles. The lowest BCUT2D eigenvalue weighted by Crippen LogP contribution is -2.14. The number of ether oxygens (including phenoxy) is 1. The Morgan fingerprint density at radius 3 is 2.36 bits per heavy atom. The SMILES string of the molecule is CN1C[C@H]2c3cc(Cl)ccc3Oc3ccc(OS(=O)(=O)O)cc3[C@@H]2C1. The lowest BCUT2D eigenvalue weighted by atomic mass is 9.84. The van der Waals surface area contributed by atoms with Crippen molar-refractivity contribution >= 4 is 22.0 Å². The fourth-order valence-corrected chi connectivity index (χ4v) is 4.26. The van der Waals surface area contributed by atoms with Gasteiger partial charge in [-0.3, -0.25) is 4.55 Å². The highest BCUT2D eigenvalue weighted by Gasteiger charge is 2.39. The Balaban J connectivity index is 1.84. The van der Waals surface area contributed by atoms with Gasteiger partial charge in [-0.2, -0.15) is 8.42 Å². The third kappa shape index (κ3) is 3.20. The molecule has 1 N–H and O–H groups in total.